The maximum absolute atomic E-state index is 13.3. The first-order chi connectivity index (χ1) is 19.2. The minimum Gasteiger partial charge on any atom is -0.467 e. The number of alkyl carbamates (subject to hydrolysis) is 1. The van der Waals surface area contributed by atoms with Gasteiger partial charge in [0.25, 0.3) is 0 Å². The molecule has 0 heterocycles. The molecule has 1 aliphatic rings. The molecule has 40 heavy (non-hydrogen) atoms. The van der Waals surface area contributed by atoms with Crippen molar-refractivity contribution in [1.82, 2.24) is 10.6 Å². The molecular formula is C32H36N2O6. The number of hydrogen-bond acceptors (Lipinski definition) is 6. The van der Waals surface area contributed by atoms with E-state index in [2.05, 4.69) is 22.8 Å². The molecule has 4 rings (SSSR count). The fraction of sp³-hybridized carbons (Fsp3) is 0.344. The summed E-state index contributed by atoms with van der Waals surface area (Å²) in [6.45, 7) is 5.54. The molecule has 0 saturated heterocycles. The zero-order valence-corrected chi connectivity index (χ0v) is 23.3. The maximum Gasteiger partial charge on any atom is 0.407 e. The third-order valence-electron chi connectivity index (χ3n) is 6.72. The van der Waals surface area contributed by atoms with Gasteiger partial charge in [0.15, 0.2) is 0 Å². The number of hydrogen-bond donors (Lipinski definition) is 2. The molecule has 1 aliphatic carbocycles. The number of ether oxygens (including phenoxy) is 3. The molecule has 8 heteroatoms. The van der Waals surface area contributed by atoms with Crippen LogP contribution in [0.4, 0.5) is 4.79 Å². The smallest absolute Gasteiger partial charge is 0.407 e. The van der Waals surface area contributed by atoms with Crippen molar-refractivity contribution in [3.63, 3.8) is 0 Å². The normalized spacial score (nSPS) is 13.9. The first kappa shape index (κ1) is 28.8. The summed E-state index contributed by atoms with van der Waals surface area (Å²) >= 11 is 0. The first-order valence-electron chi connectivity index (χ1n) is 13.3. The average molecular weight is 545 g/mol. The van der Waals surface area contributed by atoms with E-state index in [9.17, 15) is 14.4 Å². The highest BCUT2D eigenvalue weighted by Crippen LogP contribution is 2.44. The van der Waals surface area contributed by atoms with Crippen molar-refractivity contribution >= 4 is 18.0 Å². The molecule has 0 bridgehead atoms. The van der Waals surface area contributed by atoms with Crippen LogP contribution in [0, 0.1) is 0 Å². The first-order valence-corrected chi connectivity index (χ1v) is 13.3. The molecule has 2 N–H and O–H groups in total. The Labute approximate surface area is 235 Å². The lowest BCUT2D eigenvalue weighted by atomic mass is 9.98. The van der Waals surface area contributed by atoms with Gasteiger partial charge in [0.1, 0.15) is 18.7 Å². The number of benzene rings is 3. The molecule has 0 aromatic heterocycles. The van der Waals surface area contributed by atoms with Gasteiger partial charge < -0.3 is 24.8 Å². The van der Waals surface area contributed by atoms with E-state index in [-0.39, 0.29) is 25.6 Å². The Hall–Kier alpha value is -4.17. The quantitative estimate of drug-likeness (QED) is 0.362. The molecular weight excluding hydrogens is 508 g/mol. The van der Waals surface area contributed by atoms with E-state index in [1.807, 2.05) is 87.5 Å². The van der Waals surface area contributed by atoms with Crippen molar-refractivity contribution < 1.29 is 28.6 Å². The van der Waals surface area contributed by atoms with E-state index < -0.39 is 35.7 Å². The van der Waals surface area contributed by atoms with E-state index in [1.54, 1.807) is 0 Å². The highest BCUT2D eigenvalue weighted by molar-refractivity contribution is 5.90. The molecule has 210 valence electrons. The predicted molar refractivity (Wildman–Crippen MR) is 152 cm³/mol. The van der Waals surface area contributed by atoms with Crippen molar-refractivity contribution in [1.29, 1.82) is 0 Å². The molecule has 2 atom stereocenters. The van der Waals surface area contributed by atoms with Gasteiger partial charge in [-0.2, -0.15) is 0 Å². The fourth-order valence-corrected chi connectivity index (χ4v) is 4.76. The summed E-state index contributed by atoms with van der Waals surface area (Å²) in [5, 5.41) is 5.35. The van der Waals surface area contributed by atoms with Gasteiger partial charge >= 0.3 is 12.1 Å². The number of fused-ring (bicyclic) bond motifs is 3. The Morgan fingerprint density at radius 1 is 0.800 bits per heavy atom. The summed E-state index contributed by atoms with van der Waals surface area (Å²) in [7, 11) is 1.27. The molecule has 3 aromatic rings. The summed E-state index contributed by atoms with van der Waals surface area (Å²) < 4.78 is 16.4. The van der Waals surface area contributed by atoms with Crippen LogP contribution in [0.3, 0.4) is 0 Å². The standard InChI is InChI=1S/C32H36N2O6/c1-32(2,3)40-20-28(29(35)33-27(30(36)38-4)18-21-12-6-5-7-13-21)34-31(37)39-19-26-24-16-10-8-14-22(24)23-15-9-11-17-25(23)26/h5-17,26-28H,18-20H2,1-4H3,(H,33,35)(H,34,37)/t27-,28-/m0/s1. The minimum atomic E-state index is -1.10. The van der Waals surface area contributed by atoms with E-state index in [1.165, 1.54) is 7.11 Å². The van der Waals surface area contributed by atoms with Gasteiger partial charge in [0.05, 0.1) is 19.3 Å². The van der Waals surface area contributed by atoms with Crippen LogP contribution in [-0.2, 0) is 30.2 Å². The number of rotatable bonds is 10. The number of carbonyl (C=O) groups is 3. The Kier molecular flexibility index (Phi) is 9.22. The fourth-order valence-electron chi connectivity index (χ4n) is 4.76. The van der Waals surface area contributed by atoms with Crippen LogP contribution in [0.5, 0.6) is 0 Å². The lowest BCUT2D eigenvalue weighted by molar-refractivity contribution is -0.145. The topological polar surface area (TPSA) is 103 Å². The lowest BCUT2D eigenvalue weighted by Gasteiger charge is -2.26. The van der Waals surface area contributed by atoms with Crippen LogP contribution >= 0.6 is 0 Å². The second-order valence-electron chi connectivity index (χ2n) is 10.7. The molecule has 3 aromatic carbocycles. The molecule has 0 aliphatic heterocycles. The minimum absolute atomic E-state index is 0.104. The summed E-state index contributed by atoms with van der Waals surface area (Å²) in [5.74, 6) is -1.29. The van der Waals surface area contributed by atoms with Crippen molar-refractivity contribution in [2.24, 2.45) is 0 Å². The molecule has 0 spiro atoms. The Morgan fingerprint density at radius 2 is 1.38 bits per heavy atom. The molecule has 8 nitrogen and oxygen atoms in total. The van der Waals surface area contributed by atoms with E-state index >= 15 is 0 Å². The monoisotopic (exact) mass is 544 g/mol. The zero-order chi connectivity index (χ0) is 28.7. The van der Waals surface area contributed by atoms with Gasteiger partial charge in [0.2, 0.25) is 5.91 Å². The summed E-state index contributed by atoms with van der Waals surface area (Å²) in [6, 6.07) is 23.4. The van der Waals surface area contributed by atoms with Crippen LogP contribution < -0.4 is 10.6 Å². The Bertz CT molecular complexity index is 1290. The van der Waals surface area contributed by atoms with Gasteiger partial charge in [-0.05, 0) is 48.6 Å². The number of amides is 2. The van der Waals surface area contributed by atoms with Crippen LogP contribution in [0.1, 0.15) is 43.4 Å². The molecule has 0 unspecified atom stereocenters. The van der Waals surface area contributed by atoms with Gasteiger partial charge in [-0.15, -0.1) is 0 Å². The van der Waals surface area contributed by atoms with Crippen LogP contribution in [0.2, 0.25) is 0 Å². The van der Waals surface area contributed by atoms with Crippen molar-refractivity contribution in [2.75, 3.05) is 20.3 Å². The van der Waals surface area contributed by atoms with Gasteiger partial charge in [-0.3, -0.25) is 4.79 Å². The molecule has 0 radical (unpaired) electrons. The zero-order valence-electron chi connectivity index (χ0n) is 23.3. The van der Waals surface area contributed by atoms with E-state index in [0.29, 0.717) is 0 Å². The van der Waals surface area contributed by atoms with Crippen LogP contribution in [0.25, 0.3) is 11.1 Å². The highest BCUT2D eigenvalue weighted by atomic mass is 16.6. The Balaban J connectivity index is 1.44. The Morgan fingerprint density at radius 3 is 1.95 bits per heavy atom. The number of esters is 1. The van der Waals surface area contributed by atoms with E-state index in [0.717, 1.165) is 27.8 Å². The van der Waals surface area contributed by atoms with Crippen molar-refractivity contribution in [3.8, 4) is 11.1 Å². The van der Waals surface area contributed by atoms with Crippen LogP contribution in [-0.4, -0.2) is 56.0 Å². The molecule has 0 fully saturated rings. The van der Waals surface area contributed by atoms with Crippen molar-refractivity contribution in [3.05, 3.63) is 95.6 Å². The third-order valence-corrected chi connectivity index (χ3v) is 6.72. The summed E-state index contributed by atoms with van der Waals surface area (Å²) in [6.07, 6.45) is -0.519. The van der Waals surface area contributed by atoms with Gasteiger partial charge in [0, 0.05) is 12.3 Å². The predicted octanol–water partition coefficient (Wildman–Crippen LogP) is 4.61. The number of methoxy groups -OCH3 is 1. The second kappa shape index (κ2) is 12.8. The van der Waals surface area contributed by atoms with Crippen molar-refractivity contribution in [2.45, 2.75) is 50.8 Å². The van der Waals surface area contributed by atoms with E-state index in [4.69, 9.17) is 14.2 Å². The number of carbonyl (C=O) groups excluding carboxylic acids is 3. The SMILES string of the molecule is COC(=O)[C@H](Cc1ccccc1)NC(=O)[C@H](COC(C)(C)C)NC(=O)OCC1c2ccccc2-c2ccccc21. The second-order valence-corrected chi connectivity index (χ2v) is 10.7. The molecule has 0 saturated carbocycles. The largest absolute Gasteiger partial charge is 0.467 e. The van der Waals surface area contributed by atoms with Crippen LogP contribution in [0.15, 0.2) is 78.9 Å². The van der Waals surface area contributed by atoms with Gasteiger partial charge in [-0.25, -0.2) is 9.59 Å². The summed E-state index contributed by atoms with van der Waals surface area (Å²) in [5.41, 5.74) is 4.70. The number of nitrogens with one attached hydrogen (secondary N) is 2. The lowest BCUT2D eigenvalue weighted by Crippen LogP contribution is -2.54. The highest BCUT2D eigenvalue weighted by Gasteiger charge is 2.32. The summed E-state index contributed by atoms with van der Waals surface area (Å²) in [4.78, 5) is 38.8. The molecule has 2 amide bonds. The third kappa shape index (κ3) is 7.27. The average Bonchev–Trinajstić information content (AvgIpc) is 3.27. The van der Waals surface area contributed by atoms with Gasteiger partial charge in [-0.1, -0.05) is 78.9 Å². The maximum atomic E-state index is 13.3.